The maximum absolute atomic E-state index is 2.22. The van der Waals surface area contributed by atoms with Crippen molar-refractivity contribution in [1.82, 2.24) is 0 Å². The molecular weight excluding hydrogens is 84.1 g/mol. The topological polar surface area (TPSA) is 0 Å². The summed E-state index contributed by atoms with van der Waals surface area (Å²) in [5.41, 5.74) is 0. The third-order valence-electron chi connectivity index (χ3n) is 1.19. The van der Waals surface area contributed by atoms with Crippen LogP contribution in [0.15, 0.2) is 24.3 Å². The second-order valence-electron chi connectivity index (χ2n) is 2.03. The fourth-order valence-corrected chi connectivity index (χ4v) is 0.704. The summed E-state index contributed by atoms with van der Waals surface area (Å²) < 4.78 is 0. The predicted molar refractivity (Wildman–Crippen MR) is 32.1 cm³/mol. The second-order valence-corrected chi connectivity index (χ2v) is 2.03. The molecule has 7 heavy (non-hydrogen) atoms. The summed E-state index contributed by atoms with van der Waals surface area (Å²) in [6.45, 7) is 2.22. The maximum atomic E-state index is 2.22. The Morgan fingerprint density at radius 2 is 2.29 bits per heavy atom. The molecule has 1 rings (SSSR count). The van der Waals surface area contributed by atoms with Gasteiger partial charge in [0.1, 0.15) is 0 Å². The summed E-state index contributed by atoms with van der Waals surface area (Å²) in [6, 6.07) is 0. The van der Waals surface area contributed by atoms with Gasteiger partial charge in [-0.1, -0.05) is 31.2 Å². The van der Waals surface area contributed by atoms with Crippen LogP contribution in [-0.4, -0.2) is 0 Å². The lowest BCUT2D eigenvalue weighted by Crippen LogP contribution is -1.87. The third kappa shape index (κ3) is 1.19. The van der Waals surface area contributed by atoms with Crippen LogP contribution in [0.25, 0.3) is 0 Å². The van der Waals surface area contributed by atoms with Crippen molar-refractivity contribution >= 4 is 0 Å². The van der Waals surface area contributed by atoms with Crippen molar-refractivity contribution in [3.05, 3.63) is 24.3 Å². The Balaban J connectivity index is 2.49. The van der Waals surface area contributed by atoms with Gasteiger partial charge in [0.05, 0.1) is 0 Å². The second kappa shape index (κ2) is 1.97. The van der Waals surface area contributed by atoms with Crippen LogP contribution in [0.3, 0.4) is 0 Å². The summed E-state index contributed by atoms with van der Waals surface area (Å²) in [4.78, 5) is 0. The average Bonchev–Trinajstić information content (AvgIpc) is 1.69. The molecule has 0 aromatic rings. The van der Waals surface area contributed by atoms with Gasteiger partial charge in [-0.3, -0.25) is 0 Å². The molecular formula is C7H10. The van der Waals surface area contributed by atoms with Gasteiger partial charge >= 0.3 is 0 Å². The minimum Gasteiger partial charge on any atom is -0.0840 e. The molecule has 0 saturated heterocycles. The largest absolute Gasteiger partial charge is 0.0840 e. The molecule has 1 aliphatic rings. The van der Waals surface area contributed by atoms with E-state index in [0.29, 0.717) is 0 Å². The van der Waals surface area contributed by atoms with Gasteiger partial charge in [-0.25, -0.2) is 0 Å². The van der Waals surface area contributed by atoms with E-state index in [9.17, 15) is 0 Å². The lowest BCUT2D eigenvalue weighted by atomic mass is 10.0. The van der Waals surface area contributed by atoms with E-state index in [1.807, 2.05) is 0 Å². The molecule has 1 aliphatic carbocycles. The molecule has 0 N–H and O–H groups in total. The van der Waals surface area contributed by atoms with E-state index in [0.717, 1.165) is 5.92 Å². The minimum absolute atomic E-state index is 0.769. The quantitative estimate of drug-likeness (QED) is 0.431. The third-order valence-corrected chi connectivity index (χ3v) is 1.19. The summed E-state index contributed by atoms with van der Waals surface area (Å²) in [5.74, 6) is 0.769. The van der Waals surface area contributed by atoms with Crippen molar-refractivity contribution in [2.45, 2.75) is 13.3 Å². The fraction of sp³-hybridized carbons (Fsp3) is 0.429. The molecule has 0 aliphatic heterocycles. The predicted octanol–water partition coefficient (Wildman–Crippen LogP) is 2.14. The zero-order valence-electron chi connectivity index (χ0n) is 4.59. The molecule has 0 aromatic heterocycles. The first-order chi connectivity index (χ1) is 3.39. The number of allylic oxidation sites excluding steroid dienone is 4. The highest BCUT2D eigenvalue weighted by molar-refractivity contribution is 5.09. The number of hydrogen-bond donors (Lipinski definition) is 0. The smallest absolute Gasteiger partial charge is 0.0224 e. The summed E-state index contributed by atoms with van der Waals surface area (Å²) in [6.07, 6.45) is 9.84. The lowest BCUT2D eigenvalue weighted by molar-refractivity contribution is 0.737. The van der Waals surface area contributed by atoms with Crippen molar-refractivity contribution < 1.29 is 0 Å². The van der Waals surface area contributed by atoms with Crippen LogP contribution < -0.4 is 0 Å². The van der Waals surface area contributed by atoms with Crippen LogP contribution in [-0.2, 0) is 0 Å². The van der Waals surface area contributed by atoms with Gasteiger partial charge in [0, 0.05) is 0 Å². The number of hydrogen-bond acceptors (Lipinski definition) is 0. The van der Waals surface area contributed by atoms with Gasteiger partial charge in [-0.2, -0.15) is 0 Å². The molecule has 0 heteroatoms. The van der Waals surface area contributed by atoms with Crippen LogP contribution >= 0.6 is 0 Å². The molecule has 0 radical (unpaired) electrons. The molecule has 1 atom stereocenters. The Hall–Kier alpha value is -0.520. The van der Waals surface area contributed by atoms with Gasteiger partial charge in [-0.15, -0.1) is 0 Å². The van der Waals surface area contributed by atoms with Crippen LogP contribution in [0.2, 0.25) is 0 Å². The molecule has 0 aromatic carbocycles. The average molecular weight is 94.2 g/mol. The summed E-state index contributed by atoms with van der Waals surface area (Å²) in [7, 11) is 0. The molecule has 0 saturated carbocycles. The minimum atomic E-state index is 0.769. The zero-order valence-corrected chi connectivity index (χ0v) is 4.59. The van der Waals surface area contributed by atoms with Gasteiger partial charge in [0.2, 0.25) is 0 Å². The first kappa shape index (κ1) is 4.63. The van der Waals surface area contributed by atoms with Crippen molar-refractivity contribution in [2.24, 2.45) is 5.92 Å². The Morgan fingerprint density at radius 1 is 1.43 bits per heavy atom. The number of rotatable bonds is 0. The van der Waals surface area contributed by atoms with E-state index < -0.39 is 0 Å². The van der Waals surface area contributed by atoms with Crippen molar-refractivity contribution in [1.29, 1.82) is 0 Å². The molecule has 0 spiro atoms. The van der Waals surface area contributed by atoms with Gasteiger partial charge in [0.25, 0.3) is 0 Å². The van der Waals surface area contributed by atoms with E-state index in [1.54, 1.807) is 0 Å². The fourth-order valence-electron chi connectivity index (χ4n) is 0.704. The van der Waals surface area contributed by atoms with E-state index in [1.165, 1.54) is 6.42 Å². The van der Waals surface area contributed by atoms with Crippen molar-refractivity contribution in [3.8, 4) is 0 Å². The lowest BCUT2D eigenvalue weighted by Gasteiger charge is -2.02. The van der Waals surface area contributed by atoms with Crippen LogP contribution in [0, 0.1) is 5.92 Å². The first-order valence-electron chi connectivity index (χ1n) is 2.73. The Bertz CT molecular complexity index is 98.6. The van der Waals surface area contributed by atoms with Gasteiger partial charge < -0.3 is 0 Å². The van der Waals surface area contributed by atoms with Crippen LogP contribution in [0.4, 0.5) is 0 Å². The Labute approximate surface area is 44.5 Å². The SMILES string of the molecule is C[C@@H]1C=CC=CC1. The first-order valence-corrected chi connectivity index (χ1v) is 2.73. The molecule has 0 bridgehead atoms. The van der Waals surface area contributed by atoms with E-state index in [-0.39, 0.29) is 0 Å². The van der Waals surface area contributed by atoms with E-state index in [2.05, 4.69) is 31.2 Å². The Morgan fingerprint density at radius 3 is 2.57 bits per heavy atom. The van der Waals surface area contributed by atoms with Crippen LogP contribution in [0.5, 0.6) is 0 Å². The highest BCUT2D eigenvalue weighted by Crippen LogP contribution is 2.08. The van der Waals surface area contributed by atoms with Crippen molar-refractivity contribution in [3.63, 3.8) is 0 Å². The molecule has 0 unspecified atom stereocenters. The zero-order chi connectivity index (χ0) is 5.11. The van der Waals surface area contributed by atoms with Crippen molar-refractivity contribution in [2.75, 3.05) is 0 Å². The summed E-state index contributed by atoms with van der Waals surface area (Å²) in [5, 5.41) is 0. The van der Waals surface area contributed by atoms with E-state index in [4.69, 9.17) is 0 Å². The maximum Gasteiger partial charge on any atom is -0.0224 e. The van der Waals surface area contributed by atoms with E-state index >= 15 is 0 Å². The Kier molecular flexibility index (Phi) is 1.30. The summed E-state index contributed by atoms with van der Waals surface area (Å²) >= 11 is 0. The highest BCUT2D eigenvalue weighted by atomic mass is 14.0. The molecule has 0 fully saturated rings. The molecule has 0 amide bonds. The van der Waals surface area contributed by atoms with Gasteiger partial charge in [0.15, 0.2) is 0 Å². The normalized spacial score (nSPS) is 28.4. The van der Waals surface area contributed by atoms with Crippen LogP contribution in [0.1, 0.15) is 13.3 Å². The molecule has 0 nitrogen and oxygen atoms in total. The molecule has 38 valence electrons. The monoisotopic (exact) mass is 94.1 g/mol. The molecule has 0 heterocycles. The standard InChI is InChI=1S/C7H10/c1-7-5-3-2-4-6-7/h2-5,7H,6H2,1H3/t7-/m1/s1. The highest BCUT2D eigenvalue weighted by Gasteiger charge is 1.93. The van der Waals surface area contributed by atoms with Gasteiger partial charge in [-0.05, 0) is 12.3 Å².